The van der Waals surface area contributed by atoms with Gasteiger partial charge in [-0.05, 0) is 39.5 Å². The van der Waals surface area contributed by atoms with Crippen molar-refractivity contribution in [2.24, 2.45) is 11.7 Å². The summed E-state index contributed by atoms with van der Waals surface area (Å²) >= 11 is 0. The second kappa shape index (κ2) is 5.35. The highest BCUT2D eigenvalue weighted by atomic mass is 16.2. The predicted molar refractivity (Wildman–Crippen MR) is 59.9 cm³/mol. The minimum absolute atomic E-state index is 0.0752. The van der Waals surface area contributed by atoms with E-state index in [1.165, 1.54) is 0 Å². The van der Waals surface area contributed by atoms with Crippen LogP contribution in [-0.2, 0) is 4.79 Å². The first-order chi connectivity index (χ1) is 6.23. The second-order valence-electron chi connectivity index (χ2n) is 5.07. The van der Waals surface area contributed by atoms with E-state index in [4.69, 9.17) is 5.73 Å². The lowest BCUT2D eigenvalue weighted by Crippen LogP contribution is -2.51. The van der Waals surface area contributed by atoms with Crippen LogP contribution in [0.5, 0.6) is 0 Å². The number of carbonyl (C=O) groups excluding carboxylic acids is 1. The predicted octanol–water partition coefficient (Wildman–Crippen LogP) is 1.66. The molecule has 0 aromatic carbocycles. The lowest BCUT2D eigenvalue weighted by molar-refractivity contribution is -0.125. The maximum absolute atomic E-state index is 11.5. The van der Waals surface area contributed by atoms with E-state index in [2.05, 4.69) is 19.2 Å². The zero-order chi connectivity index (χ0) is 11.4. The van der Waals surface area contributed by atoms with Crippen LogP contribution in [0.2, 0.25) is 0 Å². The van der Waals surface area contributed by atoms with E-state index in [0.29, 0.717) is 5.92 Å². The Bertz CT molecular complexity index is 182. The van der Waals surface area contributed by atoms with Crippen molar-refractivity contribution in [1.82, 2.24) is 5.32 Å². The molecule has 0 aliphatic carbocycles. The molecule has 0 bridgehead atoms. The van der Waals surface area contributed by atoms with E-state index in [1.807, 2.05) is 6.92 Å². The Hall–Kier alpha value is -0.570. The van der Waals surface area contributed by atoms with Gasteiger partial charge in [-0.15, -0.1) is 0 Å². The molecule has 1 unspecified atom stereocenters. The molecule has 1 amide bonds. The zero-order valence-electron chi connectivity index (χ0n) is 10.1. The normalized spacial score (nSPS) is 14.2. The van der Waals surface area contributed by atoms with Crippen LogP contribution in [0.15, 0.2) is 0 Å². The van der Waals surface area contributed by atoms with Crippen molar-refractivity contribution in [3.8, 4) is 0 Å². The lowest BCUT2D eigenvalue weighted by atomic mass is 10.0. The summed E-state index contributed by atoms with van der Waals surface area (Å²) in [6.45, 7) is 9.82. The first-order valence-corrected chi connectivity index (χ1v) is 5.33. The van der Waals surface area contributed by atoms with E-state index < -0.39 is 5.54 Å². The fraction of sp³-hybridized carbons (Fsp3) is 0.909. The van der Waals surface area contributed by atoms with Crippen LogP contribution >= 0.6 is 0 Å². The molecule has 14 heavy (non-hydrogen) atoms. The van der Waals surface area contributed by atoms with Gasteiger partial charge in [0, 0.05) is 6.04 Å². The summed E-state index contributed by atoms with van der Waals surface area (Å²) in [5.41, 5.74) is 4.90. The molecular formula is C11H24N2O. The molecule has 3 N–H and O–H groups in total. The molecule has 3 nitrogen and oxygen atoms in total. The van der Waals surface area contributed by atoms with Crippen molar-refractivity contribution in [3.63, 3.8) is 0 Å². The van der Waals surface area contributed by atoms with Crippen molar-refractivity contribution in [1.29, 1.82) is 0 Å². The molecule has 0 spiro atoms. The Balaban J connectivity index is 3.83. The fourth-order valence-electron chi connectivity index (χ4n) is 1.07. The summed E-state index contributed by atoms with van der Waals surface area (Å²) in [6.07, 6.45) is 2.14. The number of nitrogens with two attached hydrogens (primary N) is 1. The van der Waals surface area contributed by atoms with Gasteiger partial charge in [-0.3, -0.25) is 4.79 Å². The van der Waals surface area contributed by atoms with E-state index in [9.17, 15) is 4.79 Å². The number of hydrogen-bond acceptors (Lipinski definition) is 2. The monoisotopic (exact) mass is 200 g/mol. The summed E-state index contributed by atoms with van der Waals surface area (Å²) in [4.78, 5) is 11.5. The molecule has 0 aromatic rings. The Morgan fingerprint density at radius 3 is 2.14 bits per heavy atom. The molecular weight excluding hydrogens is 176 g/mol. The molecule has 84 valence electrons. The van der Waals surface area contributed by atoms with Gasteiger partial charge in [0.2, 0.25) is 5.91 Å². The largest absolute Gasteiger partial charge is 0.352 e. The van der Waals surface area contributed by atoms with E-state index >= 15 is 0 Å². The molecule has 3 heteroatoms. The van der Waals surface area contributed by atoms with Crippen LogP contribution in [0.3, 0.4) is 0 Å². The first-order valence-electron chi connectivity index (χ1n) is 5.33. The van der Waals surface area contributed by atoms with Crippen molar-refractivity contribution < 1.29 is 4.79 Å². The minimum atomic E-state index is -0.772. The first kappa shape index (κ1) is 13.4. The van der Waals surface area contributed by atoms with Gasteiger partial charge in [-0.25, -0.2) is 0 Å². The molecule has 1 atom stereocenters. The third-order valence-corrected chi connectivity index (χ3v) is 2.14. The summed E-state index contributed by atoms with van der Waals surface area (Å²) in [7, 11) is 0. The highest BCUT2D eigenvalue weighted by Gasteiger charge is 2.22. The smallest absolute Gasteiger partial charge is 0.239 e. The van der Waals surface area contributed by atoms with Gasteiger partial charge in [0.1, 0.15) is 0 Å². The van der Waals surface area contributed by atoms with Gasteiger partial charge >= 0.3 is 0 Å². The molecule has 0 heterocycles. The maximum atomic E-state index is 11.5. The highest BCUT2D eigenvalue weighted by Crippen LogP contribution is 2.07. The van der Waals surface area contributed by atoms with Gasteiger partial charge in [0.25, 0.3) is 0 Å². The van der Waals surface area contributed by atoms with Crippen molar-refractivity contribution in [3.05, 3.63) is 0 Å². The Kier molecular flexibility index (Phi) is 5.13. The maximum Gasteiger partial charge on any atom is 0.239 e. The third-order valence-electron chi connectivity index (χ3n) is 2.14. The third kappa shape index (κ3) is 5.97. The van der Waals surface area contributed by atoms with Gasteiger partial charge in [0.15, 0.2) is 0 Å². The summed E-state index contributed by atoms with van der Waals surface area (Å²) < 4.78 is 0. The summed E-state index contributed by atoms with van der Waals surface area (Å²) in [6, 6.07) is 0.215. The average molecular weight is 200 g/mol. The molecule has 0 aromatic heterocycles. The van der Waals surface area contributed by atoms with Gasteiger partial charge in [0.05, 0.1) is 5.54 Å². The van der Waals surface area contributed by atoms with Crippen LogP contribution in [0.4, 0.5) is 0 Å². The van der Waals surface area contributed by atoms with Gasteiger partial charge < -0.3 is 11.1 Å². The number of carbonyl (C=O) groups is 1. The molecule has 0 aliphatic heterocycles. The summed E-state index contributed by atoms with van der Waals surface area (Å²) in [5, 5.41) is 2.91. The topological polar surface area (TPSA) is 55.1 Å². The summed E-state index contributed by atoms with van der Waals surface area (Å²) in [5.74, 6) is 0.606. The van der Waals surface area contributed by atoms with Crippen LogP contribution < -0.4 is 11.1 Å². The zero-order valence-corrected chi connectivity index (χ0v) is 10.1. The van der Waals surface area contributed by atoms with Crippen LogP contribution in [0.25, 0.3) is 0 Å². The Morgan fingerprint density at radius 1 is 1.29 bits per heavy atom. The Morgan fingerprint density at radius 2 is 1.79 bits per heavy atom. The quantitative estimate of drug-likeness (QED) is 0.709. The van der Waals surface area contributed by atoms with Crippen LogP contribution in [0, 0.1) is 5.92 Å². The fourth-order valence-corrected chi connectivity index (χ4v) is 1.07. The molecule has 0 rings (SSSR count). The number of hydrogen-bond donors (Lipinski definition) is 2. The van der Waals surface area contributed by atoms with Crippen LogP contribution in [0.1, 0.15) is 47.5 Å². The van der Waals surface area contributed by atoms with Crippen molar-refractivity contribution in [2.45, 2.75) is 59.0 Å². The average Bonchev–Trinajstić information content (AvgIpc) is 1.99. The highest BCUT2D eigenvalue weighted by molar-refractivity contribution is 5.85. The van der Waals surface area contributed by atoms with Gasteiger partial charge in [-0.2, -0.15) is 0 Å². The van der Waals surface area contributed by atoms with Gasteiger partial charge in [-0.1, -0.05) is 13.8 Å². The molecule has 0 fully saturated rings. The Labute approximate surface area is 87.4 Å². The van der Waals surface area contributed by atoms with E-state index in [0.717, 1.165) is 12.8 Å². The standard InChI is InChI=1S/C11H24N2O/c1-8(2)6-7-9(3)13-10(14)11(4,5)12/h8-9H,6-7,12H2,1-5H3,(H,13,14). The number of amides is 1. The number of nitrogens with one attached hydrogen (secondary N) is 1. The second-order valence-corrected chi connectivity index (χ2v) is 5.07. The minimum Gasteiger partial charge on any atom is -0.352 e. The lowest BCUT2D eigenvalue weighted by Gasteiger charge is -2.22. The molecule has 0 radical (unpaired) electrons. The molecule has 0 aliphatic rings. The van der Waals surface area contributed by atoms with Crippen LogP contribution in [-0.4, -0.2) is 17.5 Å². The van der Waals surface area contributed by atoms with E-state index in [1.54, 1.807) is 13.8 Å². The molecule has 0 saturated heterocycles. The van der Waals surface area contributed by atoms with Crippen molar-refractivity contribution >= 4 is 5.91 Å². The van der Waals surface area contributed by atoms with Crippen molar-refractivity contribution in [2.75, 3.05) is 0 Å². The molecule has 0 saturated carbocycles. The van der Waals surface area contributed by atoms with E-state index in [-0.39, 0.29) is 11.9 Å². The SMILES string of the molecule is CC(C)CCC(C)NC(=O)C(C)(C)N. The number of rotatable bonds is 5.